The third-order valence-corrected chi connectivity index (χ3v) is 3.56. The SMILES string of the molecule is Cc1nc(C)c(C(=O)N2Cc3ccc(C(=O)O)cc3C2)o1. The van der Waals surface area contributed by atoms with Crippen molar-refractivity contribution in [3.8, 4) is 0 Å². The summed E-state index contributed by atoms with van der Waals surface area (Å²) >= 11 is 0. The van der Waals surface area contributed by atoms with Crippen molar-refractivity contribution in [3.05, 3.63) is 52.2 Å². The molecule has 1 amide bonds. The Hall–Kier alpha value is -2.63. The minimum atomic E-state index is -0.968. The summed E-state index contributed by atoms with van der Waals surface area (Å²) in [4.78, 5) is 29.2. The normalized spacial score (nSPS) is 13.3. The van der Waals surface area contributed by atoms with E-state index in [0.717, 1.165) is 11.1 Å². The second-order valence-corrected chi connectivity index (χ2v) is 5.10. The number of nitrogens with zero attached hydrogens (tertiary/aromatic N) is 2. The number of carbonyl (C=O) groups excluding carboxylic acids is 1. The molecule has 0 bridgehead atoms. The zero-order valence-electron chi connectivity index (χ0n) is 11.7. The molecule has 1 aromatic heterocycles. The molecule has 1 aliphatic rings. The summed E-state index contributed by atoms with van der Waals surface area (Å²) in [5.74, 6) is -0.482. The first-order valence-electron chi connectivity index (χ1n) is 6.54. The maximum Gasteiger partial charge on any atom is 0.335 e. The van der Waals surface area contributed by atoms with E-state index in [1.165, 1.54) is 0 Å². The van der Waals surface area contributed by atoms with E-state index < -0.39 is 5.97 Å². The highest BCUT2D eigenvalue weighted by atomic mass is 16.4. The molecule has 6 nitrogen and oxygen atoms in total. The van der Waals surface area contributed by atoms with Crippen molar-refractivity contribution in [2.45, 2.75) is 26.9 Å². The van der Waals surface area contributed by atoms with E-state index in [4.69, 9.17) is 9.52 Å². The van der Waals surface area contributed by atoms with Gasteiger partial charge in [-0.1, -0.05) is 6.07 Å². The number of carbonyl (C=O) groups is 2. The van der Waals surface area contributed by atoms with Crippen molar-refractivity contribution in [2.75, 3.05) is 0 Å². The molecule has 0 radical (unpaired) electrons. The first kappa shape index (κ1) is 13.4. The molecule has 1 aliphatic heterocycles. The van der Waals surface area contributed by atoms with E-state index in [-0.39, 0.29) is 17.2 Å². The quantitative estimate of drug-likeness (QED) is 0.914. The van der Waals surface area contributed by atoms with Crippen molar-refractivity contribution in [3.63, 3.8) is 0 Å². The Kier molecular flexibility index (Phi) is 3.01. The highest BCUT2D eigenvalue weighted by Crippen LogP contribution is 2.26. The van der Waals surface area contributed by atoms with Gasteiger partial charge in [-0.15, -0.1) is 0 Å². The third kappa shape index (κ3) is 2.29. The van der Waals surface area contributed by atoms with Crippen LogP contribution in [0.25, 0.3) is 0 Å². The number of aryl methyl sites for hydroxylation is 2. The Morgan fingerprint density at radius 3 is 2.57 bits per heavy atom. The van der Waals surface area contributed by atoms with Crippen molar-refractivity contribution >= 4 is 11.9 Å². The van der Waals surface area contributed by atoms with Crippen LogP contribution in [-0.4, -0.2) is 26.9 Å². The van der Waals surface area contributed by atoms with Gasteiger partial charge in [0, 0.05) is 20.0 Å². The number of carboxylic acids is 1. The van der Waals surface area contributed by atoms with Crippen molar-refractivity contribution in [1.29, 1.82) is 0 Å². The molecule has 0 unspecified atom stereocenters. The van der Waals surface area contributed by atoms with Gasteiger partial charge in [0.25, 0.3) is 5.91 Å². The number of rotatable bonds is 2. The predicted octanol–water partition coefficient (Wildman–Crippen LogP) is 2.15. The largest absolute Gasteiger partial charge is 0.478 e. The van der Waals surface area contributed by atoms with Crippen LogP contribution in [0.5, 0.6) is 0 Å². The molecule has 0 atom stereocenters. The summed E-state index contributed by atoms with van der Waals surface area (Å²) in [6.45, 7) is 4.26. The zero-order valence-corrected chi connectivity index (χ0v) is 11.7. The van der Waals surface area contributed by atoms with Crippen LogP contribution in [0.3, 0.4) is 0 Å². The van der Waals surface area contributed by atoms with Gasteiger partial charge >= 0.3 is 5.97 Å². The minimum Gasteiger partial charge on any atom is -0.478 e. The van der Waals surface area contributed by atoms with Crippen LogP contribution in [0.2, 0.25) is 0 Å². The fourth-order valence-electron chi connectivity index (χ4n) is 2.54. The number of hydrogen-bond acceptors (Lipinski definition) is 4. The maximum atomic E-state index is 12.4. The fourth-order valence-corrected chi connectivity index (χ4v) is 2.54. The van der Waals surface area contributed by atoms with Gasteiger partial charge in [0.2, 0.25) is 5.76 Å². The lowest BCUT2D eigenvalue weighted by Crippen LogP contribution is -2.25. The lowest BCUT2D eigenvalue weighted by atomic mass is 10.1. The second-order valence-electron chi connectivity index (χ2n) is 5.10. The number of aromatic nitrogens is 1. The third-order valence-electron chi connectivity index (χ3n) is 3.56. The van der Waals surface area contributed by atoms with Crippen LogP contribution in [0.1, 0.15) is 43.6 Å². The molecular formula is C15H14N2O4. The van der Waals surface area contributed by atoms with E-state index in [1.807, 2.05) is 0 Å². The number of oxazole rings is 1. The van der Waals surface area contributed by atoms with E-state index in [9.17, 15) is 9.59 Å². The maximum absolute atomic E-state index is 12.4. The summed E-state index contributed by atoms with van der Waals surface area (Å²) in [6, 6.07) is 4.92. The summed E-state index contributed by atoms with van der Waals surface area (Å²) in [6.07, 6.45) is 0. The summed E-state index contributed by atoms with van der Waals surface area (Å²) < 4.78 is 5.35. The van der Waals surface area contributed by atoms with Crippen molar-refractivity contribution in [2.24, 2.45) is 0 Å². The van der Waals surface area contributed by atoms with E-state index in [1.54, 1.807) is 36.9 Å². The standard InChI is InChI=1S/C15H14N2O4/c1-8-13(21-9(2)16-8)14(18)17-6-11-4-3-10(15(19)20)5-12(11)7-17/h3-5H,6-7H2,1-2H3,(H,19,20). The lowest BCUT2D eigenvalue weighted by molar-refractivity contribution is 0.0695. The molecule has 1 N–H and O–H groups in total. The molecule has 0 aliphatic carbocycles. The Balaban J connectivity index is 1.86. The summed E-state index contributed by atoms with van der Waals surface area (Å²) in [7, 11) is 0. The molecule has 2 aromatic rings. The molecule has 0 saturated heterocycles. The van der Waals surface area contributed by atoms with Crippen LogP contribution in [0.4, 0.5) is 0 Å². The van der Waals surface area contributed by atoms with Crippen LogP contribution < -0.4 is 0 Å². The number of amides is 1. The van der Waals surface area contributed by atoms with Crippen molar-refractivity contribution < 1.29 is 19.1 Å². The van der Waals surface area contributed by atoms with E-state index >= 15 is 0 Å². The van der Waals surface area contributed by atoms with E-state index in [2.05, 4.69) is 4.98 Å². The molecule has 0 spiro atoms. The van der Waals surface area contributed by atoms with Crippen LogP contribution in [-0.2, 0) is 13.1 Å². The van der Waals surface area contributed by atoms with Crippen LogP contribution in [0, 0.1) is 13.8 Å². The van der Waals surface area contributed by atoms with Gasteiger partial charge in [-0.3, -0.25) is 4.79 Å². The topological polar surface area (TPSA) is 83.6 Å². The molecule has 3 rings (SSSR count). The first-order valence-corrected chi connectivity index (χ1v) is 6.54. The number of hydrogen-bond donors (Lipinski definition) is 1. The Labute approximate surface area is 121 Å². The summed E-state index contributed by atoms with van der Waals surface area (Å²) in [5, 5.41) is 9.00. The fraction of sp³-hybridized carbons (Fsp3) is 0.267. The monoisotopic (exact) mass is 286 g/mol. The van der Waals surface area contributed by atoms with E-state index in [0.29, 0.717) is 24.7 Å². The predicted molar refractivity (Wildman–Crippen MR) is 73.0 cm³/mol. The zero-order chi connectivity index (χ0) is 15.1. The average Bonchev–Trinajstić information content (AvgIpc) is 2.99. The highest BCUT2D eigenvalue weighted by Gasteiger charge is 2.28. The first-order chi connectivity index (χ1) is 9.95. The number of carboxylic acid groups (broad SMARTS) is 1. The molecule has 108 valence electrons. The highest BCUT2D eigenvalue weighted by molar-refractivity contribution is 5.93. The lowest BCUT2D eigenvalue weighted by Gasteiger charge is -2.13. The summed E-state index contributed by atoms with van der Waals surface area (Å²) in [5.41, 5.74) is 2.62. The molecule has 0 fully saturated rings. The van der Waals surface area contributed by atoms with Gasteiger partial charge in [0.15, 0.2) is 5.89 Å². The van der Waals surface area contributed by atoms with Gasteiger partial charge in [-0.2, -0.15) is 0 Å². The number of fused-ring (bicyclic) bond motifs is 1. The van der Waals surface area contributed by atoms with Gasteiger partial charge in [0.05, 0.1) is 11.3 Å². The number of benzene rings is 1. The molecule has 6 heteroatoms. The van der Waals surface area contributed by atoms with Crippen LogP contribution in [0.15, 0.2) is 22.6 Å². The number of aromatic carboxylic acids is 1. The average molecular weight is 286 g/mol. The minimum absolute atomic E-state index is 0.221. The second kappa shape index (κ2) is 4.73. The molecule has 1 aromatic carbocycles. The van der Waals surface area contributed by atoms with Gasteiger partial charge in [0.1, 0.15) is 0 Å². The van der Waals surface area contributed by atoms with Crippen LogP contribution >= 0.6 is 0 Å². The van der Waals surface area contributed by atoms with Crippen molar-refractivity contribution in [1.82, 2.24) is 9.88 Å². The molecule has 21 heavy (non-hydrogen) atoms. The molecule has 2 heterocycles. The Morgan fingerprint density at radius 1 is 1.24 bits per heavy atom. The van der Waals surface area contributed by atoms with Gasteiger partial charge in [-0.05, 0) is 30.2 Å². The Bertz CT molecular complexity index is 748. The molecular weight excluding hydrogens is 272 g/mol. The smallest absolute Gasteiger partial charge is 0.335 e. The molecule has 0 saturated carbocycles. The van der Waals surface area contributed by atoms with Gasteiger partial charge < -0.3 is 14.4 Å². The Morgan fingerprint density at radius 2 is 1.95 bits per heavy atom. The van der Waals surface area contributed by atoms with Gasteiger partial charge in [-0.25, -0.2) is 9.78 Å².